The molecular weight excluding hydrogens is 246 g/mol. The van der Waals surface area contributed by atoms with E-state index in [0.29, 0.717) is 13.1 Å². The van der Waals surface area contributed by atoms with Gasteiger partial charge in [-0.2, -0.15) is 5.10 Å². The highest BCUT2D eigenvalue weighted by atomic mass is 16.6. The summed E-state index contributed by atoms with van der Waals surface area (Å²) < 4.78 is 12.6. The second-order valence-corrected chi connectivity index (χ2v) is 5.76. The highest BCUT2D eigenvalue weighted by Crippen LogP contribution is 2.29. The third kappa shape index (κ3) is 2.89. The van der Waals surface area contributed by atoms with Crippen molar-refractivity contribution < 1.29 is 14.3 Å². The van der Waals surface area contributed by atoms with Crippen LogP contribution in [-0.2, 0) is 23.1 Å². The zero-order valence-electron chi connectivity index (χ0n) is 12.1. The summed E-state index contributed by atoms with van der Waals surface area (Å²) >= 11 is 0. The van der Waals surface area contributed by atoms with E-state index in [1.54, 1.807) is 22.9 Å². The van der Waals surface area contributed by atoms with Crippen LogP contribution in [-0.4, -0.2) is 40.0 Å². The number of hydrogen-bond donors (Lipinski definition) is 0. The van der Waals surface area contributed by atoms with E-state index in [4.69, 9.17) is 9.47 Å². The SMILES string of the molecule is COC1CN(C(=O)OC(C)(C)C)Cc2c1cnn2C. The topological polar surface area (TPSA) is 56.6 Å². The van der Waals surface area contributed by atoms with Crippen molar-refractivity contribution in [3.8, 4) is 0 Å². The van der Waals surface area contributed by atoms with Gasteiger partial charge in [-0.1, -0.05) is 0 Å². The van der Waals surface area contributed by atoms with Gasteiger partial charge in [-0.15, -0.1) is 0 Å². The first kappa shape index (κ1) is 13.9. The van der Waals surface area contributed by atoms with Crippen LogP contribution in [0.4, 0.5) is 4.79 Å². The molecule has 1 amide bonds. The van der Waals surface area contributed by atoms with Crippen molar-refractivity contribution in [1.29, 1.82) is 0 Å². The van der Waals surface area contributed by atoms with Crippen molar-refractivity contribution in [2.24, 2.45) is 7.05 Å². The first-order chi connectivity index (χ1) is 8.81. The lowest BCUT2D eigenvalue weighted by Gasteiger charge is -2.33. The van der Waals surface area contributed by atoms with E-state index in [1.807, 2.05) is 27.8 Å². The number of aryl methyl sites for hydroxylation is 1. The van der Waals surface area contributed by atoms with Gasteiger partial charge in [-0.3, -0.25) is 9.58 Å². The minimum Gasteiger partial charge on any atom is -0.444 e. The molecule has 2 heterocycles. The number of ether oxygens (including phenoxy) is 2. The van der Waals surface area contributed by atoms with Crippen LogP contribution in [0.2, 0.25) is 0 Å². The maximum Gasteiger partial charge on any atom is 0.410 e. The Morgan fingerprint density at radius 1 is 1.47 bits per heavy atom. The van der Waals surface area contributed by atoms with Crippen LogP contribution < -0.4 is 0 Å². The van der Waals surface area contributed by atoms with Gasteiger partial charge in [0.2, 0.25) is 0 Å². The minimum absolute atomic E-state index is 0.148. The Labute approximate surface area is 113 Å². The molecule has 1 aromatic rings. The first-order valence-electron chi connectivity index (χ1n) is 6.33. The highest BCUT2D eigenvalue weighted by molar-refractivity contribution is 5.68. The molecule has 0 saturated carbocycles. The summed E-state index contributed by atoms with van der Waals surface area (Å²) in [4.78, 5) is 13.8. The summed E-state index contributed by atoms with van der Waals surface area (Å²) in [7, 11) is 3.50. The Morgan fingerprint density at radius 2 is 2.16 bits per heavy atom. The van der Waals surface area contributed by atoms with Gasteiger partial charge in [0.05, 0.1) is 25.0 Å². The lowest BCUT2D eigenvalue weighted by molar-refractivity contribution is -0.000575. The maximum absolute atomic E-state index is 12.1. The Balaban J connectivity index is 2.19. The van der Waals surface area contributed by atoms with Crippen molar-refractivity contribution in [1.82, 2.24) is 14.7 Å². The minimum atomic E-state index is -0.494. The van der Waals surface area contributed by atoms with E-state index in [1.165, 1.54) is 0 Å². The van der Waals surface area contributed by atoms with E-state index in [2.05, 4.69) is 5.10 Å². The summed E-state index contributed by atoms with van der Waals surface area (Å²) in [5.74, 6) is 0. The molecule has 0 fully saturated rings. The molecule has 0 radical (unpaired) electrons. The summed E-state index contributed by atoms with van der Waals surface area (Å²) in [5, 5.41) is 4.22. The number of rotatable bonds is 1. The van der Waals surface area contributed by atoms with Gasteiger partial charge < -0.3 is 9.47 Å². The summed E-state index contributed by atoms with van der Waals surface area (Å²) in [5.41, 5.74) is 1.54. The van der Waals surface area contributed by atoms with Crippen LogP contribution in [0, 0.1) is 0 Å². The van der Waals surface area contributed by atoms with E-state index >= 15 is 0 Å². The van der Waals surface area contributed by atoms with Crippen LogP contribution in [0.3, 0.4) is 0 Å². The molecule has 1 atom stereocenters. The maximum atomic E-state index is 12.1. The number of carbonyl (C=O) groups is 1. The zero-order chi connectivity index (χ0) is 14.2. The summed E-state index contributed by atoms with van der Waals surface area (Å²) in [6.07, 6.45) is 1.34. The molecule has 1 aromatic heterocycles. The first-order valence-corrected chi connectivity index (χ1v) is 6.33. The van der Waals surface area contributed by atoms with Crippen molar-refractivity contribution in [3.63, 3.8) is 0 Å². The van der Waals surface area contributed by atoms with E-state index in [0.717, 1.165) is 11.3 Å². The lowest BCUT2D eigenvalue weighted by Crippen LogP contribution is -2.42. The molecule has 6 nitrogen and oxygen atoms in total. The van der Waals surface area contributed by atoms with E-state index in [9.17, 15) is 4.79 Å². The molecule has 0 aliphatic carbocycles. The molecule has 19 heavy (non-hydrogen) atoms. The molecule has 106 valence electrons. The molecule has 0 spiro atoms. The molecule has 1 unspecified atom stereocenters. The average Bonchev–Trinajstić information content (AvgIpc) is 2.68. The van der Waals surface area contributed by atoms with Crippen LogP contribution in [0.25, 0.3) is 0 Å². The van der Waals surface area contributed by atoms with Crippen molar-refractivity contribution in [2.75, 3.05) is 13.7 Å². The third-order valence-corrected chi connectivity index (χ3v) is 3.10. The largest absolute Gasteiger partial charge is 0.444 e. The van der Waals surface area contributed by atoms with E-state index in [-0.39, 0.29) is 12.2 Å². The molecule has 0 N–H and O–H groups in total. The lowest BCUT2D eigenvalue weighted by atomic mass is 10.1. The number of amides is 1. The van der Waals surface area contributed by atoms with Gasteiger partial charge in [0.15, 0.2) is 0 Å². The number of nitrogens with zero attached hydrogens (tertiary/aromatic N) is 3. The van der Waals surface area contributed by atoms with E-state index < -0.39 is 5.60 Å². The van der Waals surface area contributed by atoms with Gasteiger partial charge in [0.1, 0.15) is 11.7 Å². The molecule has 0 saturated heterocycles. The quantitative estimate of drug-likeness (QED) is 0.779. The monoisotopic (exact) mass is 267 g/mol. The fraction of sp³-hybridized carbons (Fsp3) is 0.692. The third-order valence-electron chi connectivity index (χ3n) is 3.10. The van der Waals surface area contributed by atoms with Gasteiger partial charge in [-0.05, 0) is 20.8 Å². The number of methoxy groups -OCH3 is 1. The second-order valence-electron chi connectivity index (χ2n) is 5.76. The fourth-order valence-electron chi connectivity index (χ4n) is 2.15. The molecular formula is C13H21N3O3. The number of carbonyl (C=O) groups excluding carboxylic acids is 1. The number of hydrogen-bond acceptors (Lipinski definition) is 4. The smallest absolute Gasteiger partial charge is 0.410 e. The molecule has 0 aromatic carbocycles. The normalized spacial score (nSPS) is 19.2. The van der Waals surface area contributed by atoms with Crippen LogP contribution in [0.15, 0.2) is 6.20 Å². The molecule has 1 aliphatic rings. The molecule has 0 bridgehead atoms. The summed E-state index contributed by atoms with van der Waals surface area (Å²) in [6.45, 7) is 6.57. The van der Waals surface area contributed by atoms with Gasteiger partial charge >= 0.3 is 6.09 Å². The van der Waals surface area contributed by atoms with Crippen molar-refractivity contribution >= 4 is 6.09 Å². The number of fused-ring (bicyclic) bond motifs is 1. The highest BCUT2D eigenvalue weighted by Gasteiger charge is 2.32. The van der Waals surface area contributed by atoms with Crippen molar-refractivity contribution in [3.05, 3.63) is 17.5 Å². The Morgan fingerprint density at radius 3 is 2.74 bits per heavy atom. The van der Waals surface area contributed by atoms with Crippen LogP contribution >= 0.6 is 0 Å². The van der Waals surface area contributed by atoms with Crippen molar-refractivity contribution in [2.45, 2.75) is 39.0 Å². The molecule has 2 rings (SSSR count). The fourth-order valence-corrected chi connectivity index (χ4v) is 2.15. The van der Waals surface area contributed by atoms with Crippen LogP contribution in [0.1, 0.15) is 38.1 Å². The Bertz CT molecular complexity index is 476. The summed E-state index contributed by atoms with van der Waals surface area (Å²) in [6, 6.07) is 0. The predicted octanol–water partition coefficient (Wildman–Crippen LogP) is 1.86. The van der Waals surface area contributed by atoms with Gasteiger partial charge in [0, 0.05) is 19.7 Å². The standard InChI is InChI=1S/C13H21N3O3/c1-13(2,3)19-12(17)16-7-10-9(6-14-15(10)4)11(8-16)18-5/h6,11H,7-8H2,1-5H3. The Kier molecular flexibility index (Phi) is 3.54. The average molecular weight is 267 g/mol. The van der Waals surface area contributed by atoms with Gasteiger partial charge in [0.25, 0.3) is 0 Å². The second kappa shape index (κ2) is 4.85. The zero-order valence-corrected chi connectivity index (χ0v) is 12.1. The van der Waals surface area contributed by atoms with Gasteiger partial charge in [-0.25, -0.2) is 4.79 Å². The van der Waals surface area contributed by atoms with Crippen LogP contribution in [0.5, 0.6) is 0 Å². The number of aromatic nitrogens is 2. The molecule has 1 aliphatic heterocycles. The Hall–Kier alpha value is -1.56. The predicted molar refractivity (Wildman–Crippen MR) is 69.6 cm³/mol. The molecule has 6 heteroatoms.